The molecule has 0 spiro atoms. The van der Waals surface area contributed by atoms with E-state index in [1.54, 1.807) is 0 Å². The first kappa shape index (κ1) is 23.2. The van der Waals surface area contributed by atoms with Crippen LogP contribution in [0.3, 0.4) is 0 Å². The maximum absolute atomic E-state index is 2.42. The molecule has 1 nitrogen and oxygen atoms in total. The van der Waals surface area contributed by atoms with Gasteiger partial charge in [0, 0.05) is 37.0 Å². The summed E-state index contributed by atoms with van der Waals surface area (Å²) in [6.07, 6.45) is 0. The third kappa shape index (κ3) is 3.27. The second kappa shape index (κ2) is 8.94. The number of anilines is 3. The fourth-order valence-electron chi connectivity index (χ4n) is 6.78. The van der Waals surface area contributed by atoms with Crippen molar-refractivity contribution in [2.24, 2.45) is 0 Å². The fraction of sp³-hybridized carbons (Fsp3) is 0.0526. The van der Waals surface area contributed by atoms with Crippen molar-refractivity contribution in [2.75, 3.05) is 4.90 Å². The largest absolute Gasteiger partial charge is 0.310 e. The molecule has 1 aromatic heterocycles. The van der Waals surface area contributed by atoms with Crippen LogP contribution in [-0.2, 0) is 5.41 Å². The lowest BCUT2D eigenvalue weighted by molar-refractivity contribution is 0.722. The number of benzene rings is 6. The first-order chi connectivity index (χ1) is 19.7. The molecule has 6 aromatic carbocycles. The molecule has 0 saturated carbocycles. The van der Waals surface area contributed by atoms with Gasteiger partial charge in [-0.05, 0) is 77.2 Å². The van der Waals surface area contributed by atoms with E-state index in [9.17, 15) is 0 Å². The van der Waals surface area contributed by atoms with Gasteiger partial charge >= 0.3 is 0 Å². The molecule has 40 heavy (non-hydrogen) atoms. The molecule has 0 saturated heterocycles. The van der Waals surface area contributed by atoms with E-state index >= 15 is 0 Å². The molecule has 7 aromatic rings. The summed E-state index contributed by atoms with van der Waals surface area (Å²) in [5, 5.41) is 2.66. The van der Waals surface area contributed by atoms with Gasteiger partial charge in [0.05, 0.1) is 5.69 Å². The monoisotopic (exact) mass is 529 g/mol. The summed E-state index contributed by atoms with van der Waals surface area (Å²) in [4.78, 5) is 2.41. The molecule has 0 fully saturated rings. The zero-order valence-electron chi connectivity index (χ0n) is 22.2. The van der Waals surface area contributed by atoms with Crippen molar-refractivity contribution in [3.63, 3.8) is 0 Å². The van der Waals surface area contributed by atoms with Gasteiger partial charge in [-0.1, -0.05) is 103 Å². The summed E-state index contributed by atoms with van der Waals surface area (Å²) in [6, 6.07) is 53.0. The molecular weight excluding hydrogens is 502 g/mol. The van der Waals surface area contributed by atoms with Crippen LogP contribution in [-0.4, -0.2) is 0 Å². The SMILES string of the molecule is CC1(c2cccc3sc4cccc(N(c5ccccc5)c5ccccc5)c4c23)c2ccccc2-c2ccccc21. The van der Waals surface area contributed by atoms with Crippen LogP contribution in [0.4, 0.5) is 17.1 Å². The van der Waals surface area contributed by atoms with Gasteiger partial charge in [0.2, 0.25) is 0 Å². The molecule has 190 valence electrons. The summed E-state index contributed by atoms with van der Waals surface area (Å²) in [5.74, 6) is 0. The molecule has 1 heterocycles. The fourth-order valence-corrected chi connectivity index (χ4v) is 7.93. The van der Waals surface area contributed by atoms with E-state index in [-0.39, 0.29) is 5.41 Å². The second-order valence-electron chi connectivity index (χ2n) is 10.7. The third-order valence-electron chi connectivity index (χ3n) is 8.53. The van der Waals surface area contributed by atoms with Crippen molar-refractivity contribution >= 4 is 48.6 Å². The Labute approximate surface area is 238 Å². The molecule has 2 heteroatoms. The molecule has 0 amide bonds. The van der Waals surface area contributed by atoms with Crippen LogP contribution in [0.5, 0.6) is 0 Å². The van der Waals surface area contributed by atoms with Crippen LogP contribution in [0.2, 0.25) is 0 Å². The number of hydrogen-bond acceptors (Lipinski definition) is 2. The Kier molecular flexibility index (Phi) is 5.20. The Morgan fingerprint density at radius 1 is 0.450 bits per heavy atom. The van der Waals surface area contributed by atoms with E-state index in [2.05, 4.69) is 157 Å². The van der Waals surface area contributed by atoms with Crippen LogP contribution >= 0.6 is 11.3 Å². The number of rotatable bonds is 4. The predicted molar refractivity (Wildman–Crippen MR) is 171 cm³/mol. The van der Waals surface area contributed by atoms with Crippen molar-refractivity contribution < 1.29 is 0 Å². The van der Waals surface area contributed by atoms with Gasteiger partial charge in [-0.2, -0.15) is 0 Å². The minimum atomic E-state index is -0.266. The van der Waals surface area contributed by atoms with Gasteiger partial charge in [-0.3, -0.25) is 0 Å². The molecule has 0 bridgehead atoms. The Balaban J connectivity index is 1.48. The van der Waals surface area contributed by atoms with E-state index in [4.69, 9.17) is 0 Å². The van der Waals surface area contributed by atoms with Gasteiger partial charge < -0.3 is 4.90 Å². The number of hydrogen-bond donors (Lipinski definition) is 0. The average Bonchev–Trinajstić information content (AvgIpc) is 3.53. The normalized spacial score (nSPS) is 13.3. The topological polar surface area (TPSA) is 3.24 Å². The summed E-state index contributed by atoms with van der Waals surface area (Å²) >= 11 is 1.89. The minimum absolute atomic E-state index is 0.266. The molecule has 0 unspecified atom stereocenters. The lowest BCUT2D eigenvalue weighted by Crippen LogP contribution is -2.22. The Morgan fingerprint density at radius 2 is 0.925 bits per heavy atom. The van der Waals surface area contributed by atoms with Gasteiger partial charge in [0.15, 0.2) is 0 Å². The lowest BCUT2D eigenvalue weighted by Gasteiger charge is -2.30. The van der Waals surface area contributed by atoms with Crippen LogP contribution in [0, 0.1) is 0 Å². The van der Waals surface area contributed by atoms with Crippen molar-refractivity contribution in [1.29, 1.82) is 0 Å². The summed E-state index contributed by atoms with van der Waals surface area (Å²) in [5.41, 5.74) is 10.0. The first-order valence-electron chi connectivity index (χ1n) is 13.8. The lowest BCUT2D eigenvalue weighted by atomic mass is 9.73. The van der Waals surface area contributed by atoms with E-state index in [0.717, 1.165) is 11.4 Å². The number of thiophene rings is 1. The third-order valence-corrected chi connectivity index (χ3v) is 9.65. The highest BCUT2D eigenvalue weighted by atomic mass is 32.1. The number of fused-ring (bicyclic) bond motifs is 6. The summed E-state index contributed by atoms with van der Waals surface area (Å²) in [6.45, 7) is 2.42. The van der Waals surface area contributed by atoms with Crippen LogP contribution in [0.15, 0.2) is 146 Å². The zero-order chi connectivity index (χ0) is 26.7. The maximum atomic E-state index is 2.42. The molecule has 0 radical (unpaired) electrons. The Hall–Kier alpha value is -4.66. The zero-order valence-corrected chi connectivity index (χ0v) is 23.0. The Bertz CT molecular complexity index is 1940. The van der Waals surface area contributed by atoms with Gasteiger partial charge in [0.1, 0.15) is 0 Å². The summed E-state index contributed by atoms with van der Waals surface area (Å²) < 4.78 is 2.63. The van der Waals surface area contributed by atoms with Crippen molar-refractivity contribution in [1.82, 2.24) is 0 Å². The Morgan fingerprint density at radius 3 is 1.52 bits per heavy atom. The highest BCUT2D eigenvalue weighted by Gasteiger charge is 2.41. The van der Waals surface area contributed by atoms with Crippen molar-refractivity contribution in [3.05, 3.63) is 162 Å². The van der Waals surface area contributed by atoms with E-state index in [1.807, 2.05) is 11.3 Å². The average molecular weight is 530 g/mol. The highest BCUT2D eigenvalue weighted by Crippen LogP contribution is 2.56. The molecule has 0 aliphatic heterocycles. The quantitative estimate of drug-likeness (QED) is 0.219. The van der Waals surface area contributed by atoms with Crippen LogP contribution < -0.4 is 4.90 Å². The maximum Gasteiger partial charge on any atom is 0.0554 e. The van der Waals surface area contributed by atoms with Gasteiger partial charge in [0.25, 0.3) is 0 Å². The second-order valence-corrected chi connectivity index (χ2v) is 11.7. The van der Waals surface area contributed by atoms with E-state index < -0.39 is 0 Å². The van der Waals surface area contributed by atoms with E-state index in [0.29, 0.717) is 0 Å². The van der Waals surface area contributed by atoms with Crippen molar-refractivity contribution in [2.45, 2.75) is 12.3 Å². The highest BCUT2D eigenvalue weighted by molar-refractivity contribution is 7.26. The van der Waals surface area contributed by atoms with Crippen molar-refractivity contribution in [3.8, 4) is 11.1 Å². The molecule has 0 N–H and O–H groups in total. The molecule has 1 aliphatic rings. The van der Waals surface area contributed by atoms with Gasteiger partial charge in [-0.15, -0.1) is 11.3 Å². The number of para-hydroxylation sites is 2. The smallest absolute Gasteiger partial charge is 0.0554 e. The predicted octanol–water partition coefficient (Wildman–Crippen LogP) is 10.9. The van der Waals surface area contributed by atoms with Gasteiger partial charge in [-0.25, -0.2) is 0 Å². The minimum Gasteiger partial charge on any atom is -0.310 e. The molecule has 1 aliphatic carbocycles. The van der Waals surface area contributed by atoms with Crippen LogP contribution in [0.1, 0.15) is 23.6 Å². The molecular formula is C38H27NS. The van der Waals surface area contributed by atoms with Crippen LogP contribution in [0.25, 0.3) is 31.3 Å². The summed E-state index contributed by atoms with van der Waals surface area (Å²) in [7, 11) is 0. The number of nitrogens with zero attached hydrogens (tertiary/aromatic N) is 1. The molecule has 0 atom stereocenters. The van der Waals surface area contributed by atoms with E-state index in [1.165, 1.54) is 53.7 Å². The standard InChI is InChI=1S/C38H27NS/c1-38(30-20-10-8-18-28(30)29-19-9-11-21-31(29)38)32-22-12-24-34-36(32)37-33(23-13-25-35(37)40-34)39(26-14-4-2-5-15-26)27-16-6-3-7-17-27/h2-25H,1H3. The first-order valence-corrected chi connectivity index (χ1v) is 14.6. The molecule has 8 rings (SSSR count).